The molecule has 1 atom stereocenters. The van der Waals surface area contributed by atoms with Crippen molar-refractivity contribution in [1.29, 1.82) is 0 Å². The number of aromatic nitrogens is 1. The molecule has 0 aliphatic heterocycles. The van der Waals surface area contributed by atoms with E-state index in [2.05, 4.69) is 38.0 Å². The topological polar surface area (TPSA) is 24.9 Å². The van der Waals surface area contributed by atoms with Crippen molar-refractivity contribution in [3.05, 3.63) is 15.6 Å². The predicted octanol–water partition coefficient (Wildman–Crippen LogP) is 3.29. The summed E-state index contributed by atoms with van der Waals surface area (Å²) in [6.45, 7) is 10.8. The Morgan fingerprint density at radius 2 is 2.13 bits per heavy atom. The molecule has 1 rings (SSSR count). The van der Waals surface area contributed by atoms with Gasteiger partial charge in [-0.3, -0.25) is 0 Å². The van der Waals surface area contributed by atoms with Crippen molar-refractivity contribution < 1.29 is 0 Å². The van der Waals surface area contributed by atoms with Gasteiger partial charge in [-0.15, -0.1) is 11.3 Å². The second-order valence-corrected chi connectivity index (χ2v) is 5.56. The van der Waals surface area contributed by atoms with E-state index in [-0.39, 0.29) is 0 Å². The highest BCUT2D eigenvalue weighted by atomic mass is 32.1. The maximum Gasteiger partial charge on any atom is 0.107 e. The molecule has 3 heteroatoms. The molecule has 0 bridgehead atoms. The van der Waals surface area contributed by atoms with Crippen molar-refractivity contribution in [2.45, 2.75) is 47.1 Å². The first kappa shape index (κ1) is 12.7. The highest BCUT2D eigenvalue weighted by Gasteiger charge is 2.04. The van der Waals surface area contributed by atoms with Gasteiger partial charge >= 0.3 is 0 Å². The molecule has 0 fully saturated rings. The number of thiazole rings is 1. The molecular formula is C12H22N2S. The zero-order chi connectivity index (χ0) is 11.3. The van der Waals surface area contributed by atoms with Crippen LogP contribution in [0.15, 0.2) is 0 Å². The minimum absolute atomic E-state index is 0.775. The van der Waals surface area contributed by atoms with Gasteiger partial charge in [0, 0.05) is 11.4 Å². The normalized spacial score (nSPS) is 13.1. The van der Waals surface area contributed by atoms with E-state index in [1.54, 1.807) is 11.3 Å². The van der Waals surface area contributed by atoms with Gasteiger partial charge in [0.15, 0.2) is 0 Å². The van der Waals surface area contributed by atoms with Gasteiger partial charge in [-0.25, -0.2) is 4.98 Å². The molecule has 1 aromatic rings. The lowest BCUT2D eigenvalue weighted by Crippen LogP contribution is -2.20. The number of hydrogen-bond donors (Lipinski definition) is 1. The van der Waals surface area contributed by atoms with E-state index in [1.807, 2.05) is 0 Å². The van der Waals surface area contributed by atoms with Gasteiger partial charge in [0.25, 0.3) is 0 Å². The fourth-order valence-corrected chi connectivity index (χ4v) is 2.54. The summed E-state index contributed by atoms with van der Waals surface area (Å²) < 4.78 is 0. The van der Waals surface area contributed by atoms with E-state index in [4.69, 9.17) is 0 Å². The summed E-state index contributed by atoms with van der Waals surface area (Å²) in [6, 6.07) is 0. The van der Waals surface area contributed by atoms with E-state index < -0.39 is 0 Å². The summed E-state index contributed by atoms with van der Waals surface area (Å²) in [4.78, 5) is 5.85. The van der Waals surface area contributed by atoms with Crippen LogP contribution in [0.25, 0.3) is 0 Å². The standard InChI is InChI=1S/C12H22N2S/c1-5-6-9(2)7-13-8-12-14-10(3)11(4)15-12/h9,13H,5-8H2,1-4H3. The highest BCUT2D eigenvalue weighted by Crippen LogP contribution is 2.16. The molecule has 0 aromatic carbocycles. The zero-order valence-corrected chi connectivity index (χ0v) is 11.1. The Morgan fingerprint density at radius 1 is 1.40 bits per heavy atom. The van der Waals surface area contributed by atoms with Crippen LogP contribution in [0.4, 0.5) is 0 Å². The summed E-state index contributed by atoms with van der Waals surface area (Å²) in [5, 5.41) is 4.69. The first-order valence-electron chi connectivity index (χ1n) is 5.77. The SMILES string of the molecule is CCCC(C)CNCc1nc(C)c(C)s1. The van der Waals surface area contributed by atoms with Crippen LogP contribution in [0.3, 0.4) is 0 Å². The van der Waals surface area contributed by atoms with Gasteiger partial charge in [0.2, 0.25) is 0 Å². The van der Waals surface area contributed by atoms with Crippen molar-refractivity contribution in [3.63, 3.8) is 0 Å². The van der Waals surface area contributed by atoms with E-state index in [0.717, 1.165) is 19.0 Å². The number of nitrogens with one attached hydrogen (secondary N) is 1. The zero-order valence-electron chi connectivity index (χ0n) is 10.3. The minimum Gasteiger partial charge on any atom is -0.310 e. The van der Waals surface area contributed by atoms with Crippen LogP contribution in [0.5, 0.6) is 0 Å². The van der Waals surface area contributed by atoms with Crippen LogP contribution in [0, 0.1) is 19.8 Å². The molecule has 0 aliphatic rings. The fourth-order valence-electron chi connectivity index (χ4n) is 1.64. The monoisotopic (exact) mass is 226 g/mol. The minimum atomic E-state index is 0.775. The first-order chi connectivity index (χ1) is 7.13. The molecule has 0 aliphatic carbocycles. The van der Waals surface area contributed by atoms with Crippen LogP contribution in [-0.4, -0.2) is 11.5 Å². The molecule has 15 heavy (non-hydrogen) atoms. The van der Waals surface area contributed by atoms with E-state index in [9.17, 15) is 0 Å². The van der Waals surface area contributed by atoms with Crippen molar-refractivity contribution in [1.82, 2.24) is 10.3 Å². The summed E-state index contributed by atoms with van der Waals surface area (Å²) in [6.07, 6.45) is 2.58. The van der Waals surface area contributed by atoms with Crippen LogP contribution in [-0.2, 0) is 6.54 Å². The fraction of sp³-hybridized carbons (Fsp3) is 0.750. The average molecular weight is 226 g/mol. The molecule has 1 N–H and O–H groups in total. The summed E-state index contributed by atoms with van der Waals surface area (Å²) in [7, 11) is 0. The molecule has 1 heterocycles. The molecule has 0 saturated carbocycles. The van der Waals surface area contributed by atoms with Crippen molar-refractivity contribution in [2.75, 3.05) is 6.54 Å². The Morgan fingerprint density at radius 3 is 2.67 bits per heavy atom. The summed E-state index contributed by atoms with van der Waals surface area (Å²) >= 11 is 1.81. The van der Waals surface area contributed by atoms with Crippen LogP contribution >= 0.6 is 11.3 Å². The van der Waals surface area contributed by atoms with Gasteiger partial charge in [-0.2, -0.15) is 0 Å². The highest BCUT2D eigenvalue weighted by molar-refractivity contribution is 7.11. The number of nitrogens with zero attached hydrogens (tertiary/aromatic N) is 1. The smallest absolute Gasteiger partial charge is 0.107 e. The van der Waals surface area contributed by atoms with Gasteiger partial charge in [-0.05, 0) is 32.7 Å². The number of rotatable bonds is 6. The third kappa shape index (κ3) is 4.31. The quantitative estimate of drug-likeness (QED) is 0.805. The molecule has 86 valence electrons. The van der Waals surface area contributed by atoms with Crippen LogP contribution in [0.2, 0.25) is 0 Å². The molecule has 1 unspecified atom stereocenters. The van der Waals surface area contributed by atoms with Gasteiger partial charge < -0.3 is 5.32 Å². The third-order valence-corrected chi connectivity index (χ3v) is 3.70. The van der Waals surface area contributed by atoms with E-state index in [0.29, 0.717) is 0 Å². The third-order valence-electron chi connectivity index (χ3n) is 2.62. The lowest BCUT2D eigenvalue weighted by molar-refractivity contribution is 0.475. The van der Waals surface area contributed by atoms with Gasteiger partial charge in [-0.1, -0.05) is 20.3 Å². The Balaban J connectivity index is 2.25. The predicted molar refractivity (Wildman–Crippen MR) is 67.4 cm³/mol. The second-order valence-electron chi connectivity index (χ2n) is 4.27. The largest absolute Gasteiger partial charge is 0.310 e. The van der Waals surface area contributed by atoms with E-state index >= 15 is 0 Å². The maximum atomic E-state index is 4.51. The van der Waals surface area contributed by atoms with Gasteiger partial charge in [0.1, 0.15) is 5.01 Å². The van der Waals surface area contributed by atoms with Crippen LogP contribution in [0.1, 0.15) is 42.3 Å². The van der Waals surface area contributed by atoms with Crippen molar-refractivity contribution in [3.8, 4) is 0 Å². The Kier molecular flexibility index (Phi) is 5.26. The van der Waals surface area contributed by atoms with Gasteiger partial charge in [0.05, 0.1) is 5.69 Å². The second kappa shape index (κ2) is 6.23. The maximum absolute atomic E-state index is 4.51. The van der Waals surface area contributed by atoms with Crippen molar-refractivity contribution >= 4 is 11.3 Å². The Bertz CT molecular complexity index is 274. The molecule has 1 aromatic heterocycles. The molecule has 2 nitrogen and oxygen atoms in total. The first-order valence-corrected chi connectivity index (χ1v) is 6.58. The Labute approximate surface area is 97.1 Å². The summed E-state index contributed by atoms with van der Waals surface area (Å²) in [5.41, 5.74) is 1.18. The number of aryl methyl sites for hydroxylation is 2. The lowest BCUT2D eigenvalue weighted by Gasteiger charge is -2.09. The van der Waals surface area contributed by atoms with Crippen LogP contribution < -0.4 is 5.32 Å². The van der Waals surface area contributed by atoms with Crippen molar-refractivity contribution in [2.24, 2.45) is 5.92 Å². The van der Waals surface area contributed by atoms with E-state index in [1.165, 1.54) is 28.4 Å². The molecule has 0 saturated heterocycles. The average Bonchev–Trinajstić information content (AvgIpc) is 2.46. The Hall–Kier alpha value is -0.410. The molecular weight excluding hydrogens is 204 g/mol. The number of hydrogen-bond acceptors (Lipinski definition) is 3. The lowest BCUT2D eigenvalue weighted by atomic mass is 10.1. The molecule has 0 radical (unpaired) electrons. The molecule has 0 amide bonds. The summed E-state index contributed by atoms with van der Waals surface area (Å²) in [5.74, 6) is 0.775. The molecule has 0 spiro atoms.